The van der Waals surface area contributed by atoms with E-state index in [1.54, 1.807) is 7.11 Å². The number of ether oxygens (including phenoxy) is 1. The van der Waals surface area contributed by atoms with Crippen molar-refractivity contribution < 1.29 is 4.74 Å². The summed E-state index contributed by atoms with van der Waals surface area (Å²) in [5.41, 5.74) is 3.91. The van der Waals surface area contributed by atoms with Gasteiger partial charge in [0.2, 0.25) is 0 Å². The first-order chi connectivity index (χ1) is 7.40. The second-order valence-corrected chi connectivity index (χ2v) is 3.89. The molecule has 2 aromatic rings. The van der Waals surface area contributed by atoms with Gasteiger partial charge < -0.3 is 15.0 Å². The zero-order valence-electron chi connectivity index (χ0n) is 8.76. The number of hydrogen-bond acceptors (Lipinski definition) is 2. The standard InChI is InChI=1S/C12H14N2O/c1-15-11-4-2-3-10-12(11)8-7-13-6-5-9(8)14-10/h2-4,13-14H,5-7H2,1H3. The predicted octanol–water partition coefficient (Wildman–Crippen LogP) is 1.82. The fraction of sp³-hybridized carbons (Fsp3) is 0.333. The van der Waals surface area contributed by atoms with Crippen molar-refractivity contribution in [2.24, 2.45) is 0 Å². The summed E-state index contributed by atoms with van der Waals surface area (Å²) in [6.45, 7) is 2.00. The molecule has 78 valence electrons. The molecule has 1 aromatic carbocycles. The van der Waals surface area contributed by atoms with E-state index in [4.69, 9.17) is 4.74 Å². The van der Waals surface area contributed by atoms with Crippen LogP contribution >= 0.6 is 0 Å². The summed E-state index contributed by atoms with van der Waals surface area (Å²) in [6.07, 6.45) is 1.08. The quantitative estimate of drug-likeness (QED) is 0.740. The van der Waals surface area contributed by atoms with Gasteiger partial charge >= 0.3 is 0 Å². The average Bonchev–Trinajstić information content (AvgIpc) is 2.67. The molecule has 0 unspecified atom stereocenters. The molecular formula is C12H14N2O. The highest BCUT2D eigenvalue weighted by atomic mass is 16.5. The third-order valence-electron chi connectivity index (χ3n) is 3.05. The molecule has 0 spiro atoms. The Hall–Kier alpha value is -1.48. The number of benzene rings is 1. The summed E-state index contributed by atoms with van der Waals surface area (Å²) in [7, 11) is 1.73. The van der Waals surface area contributed by atoms with Gasteiger partial charge in [-0.05, 0) is 17.7 Å². The van der Waals surface area contributed by atoms with E-state index < -0.39 is 0 Å². The van der Waals surface area contributed by atoms with Crippen LogP contribution in [0.5, 0.6) is 5.75 Å². The van der Waals surface area contributed by atoms with E-state index in [1.165, 1.54) is 22.2 Å². The first-order valence-electron chi connectivity index (χ1n) is 5.27. The number of aromatic nitrogens is 1. The summed E-state index contributed by atoms with van der Waals surface area (Å²) in [5, 5.41) is 4.63. The van der Waals surface area contributed by atoms with Gasteiger partial charge in [0.05, 0.1) is 7.11 Å². The maximum absolute atomic E-state index is 5.40. The summed E-state index contributed by atoms with van der Waals surface area (Å²) >= 11 is 0. The number of aromatic amines is 1. The molecule has 15 heavy (non-hydrogen) atoms. The van der Waals surface area contributed by atoms with Gasteiger partial charge in [0.25, 0.3) is 0 Å². The Balaban J connectivity index is 2.33. The highest BCUT2D eigenvalue weighted by molar-refractivity contribution is 5.90. The zero-order chi connectivity index (χ0) is 10.3. The molecule has 3 heteroatoms. The summed E-state index contributed by atoms with van der Waals surface area (Å²) in [4.78, 5) is 3.47. The van der Waals surface area contributed by atoms with Crippen molar-refractivity contribution in [2.75, 3.05) is 13.7 Å². The van der Waals surface area contributed by atoms with Crippen LogP contribution in [0.1, 0.15) is 11.3 Å². The summed E-state index contributed by atoms with van der Waals surface area (Å²) in [6, 6.07) is 6.15. The minimum absolute atomic E-state index is 0.940. The molecule has 0 radical (unpaired) electrons. The van der Waals surface area contributed by atoms with Crippen LogP contribution < -0.4 is 10.1 Å². The largest absolute Gasteiger partial charge is 0.496 e. The van der Waals surface area contributed by atoms with Gasteiger partial charge in [-0.3, -0.25) is 0 Å². The molecule has 1 aromatic heterocycles. The molecule has 2 N–H and O–H groups in total. The second-order valence-electron chi connectivity index (χ2n) is 3.89. The third kappa shape index (κ3) is 1.23. The van der Waals surface area contributed by atoms with Crippen LogP contribution in [0.4, 0.5) is 0 Å². The molecule has 0 bridgehead atoms. The van der Waals surface area contributed by atoms with E-state index in [9.17, 15) is 0 Å². The molecule has 1 aliphatic rings. The van der Waals surface area contributed by atoms with E-state index in [0.29, 0.717) is 0 Å². The van der Waals surface area contributed by atoms with Crippen LogP contribution in [0.3, 0.4) is 0 Å². The Morgan fingerprint density at radius 2 is 2.27 bits per heavy atom. The molecule has 3 rings (SSSR count). The average molecular weight is 202 g/mol. The van der Waals surface area contributed by atoms with Crippen LogP contribution in [0, 0.1) is 0 Å². The van der Waals surface area contributed by atoms with Crippen molar-refractivity contribution in [3.8, 4) is 5.75 Å². The molecule has 0 saturated carbocycles. The predicted molar refractivity (Wildman–Crippen MR) is 60.3 cm³/mol. The minimum Gasteiger partial charge on any atom is -0.496 e. The van der Waals surface area contributed by atoms with Crippen molar-refractivity contribution in [3.05, 3.63) is 29.5 Å². The molecule has 1 aliphatic heterocycles. The summed E-state index contributed by atoms with van der Waals surface area (Å²) < 4.78 is 5.40. The fourth-order valence-corrected chi connectivity index (χ4v) is 2.34. The van der Waals surface area contributed by atoms with Gasteiger partial charge in [-0.1, -0.05) is 6.07 Å². The fourth-order valence-electron chi connectivity index (χ4n) is 2.34. The lowest BCUT2D eigenvalue weighted by Crippen LogP contribution is -2.22. The molecule has 0 saturated heterocycles. The summed E-state index contributed by atoms with van der Waals surface area (Å²) in [5.74, 6) is 0.966. The normalized spacial score (nSPS) is 15.3. The third-order valence-corrected chi connectivity index (χ3v) is 3.05. The molecular weight excluding hydrogens is 188 g/mol. The molecule has 0 amide bonds. The van der Waals surface area contributed by atoms with Gasteiger partial charge in [0.15, 0.2) is 0 Å². The van der Waals surface area contributed by atoms with E-state index in [2.05, 4.69) is 16.4 Å². The number of rotatable bonds is 1. The Kier molecular flexibility index (Phi) is 1.92. The SMILES string of the molecule is COc1cccc2[nH]c3c(c12)CNCC3. The van der Waals surface area contributed by atoms with Crippen LogP contribution in [0.2, 0.25) is 0 Å². The lowest BCUT2D eigenvalue weighted by atomic mass is 10.1. The Morgan fingerprint density at radius 3 is 3.13 bits per heavy atom. The Bertz CT molecular complexity index is 502. The van der Waals surface area contributed by atoms with E-state index in [1.807, 2.05) is 12.1 Å². The van der Waals surface area contributed by atoms with Gasteiger partial charge in [0, 0.05) is 36.1 Å². The maximum atomic E-state index is 5.40. The maximum Gasteiger partial charge on any atom is 0.128 e. The van der Waals surface area contributed by atoms with Crippen molar-refractivity contribution >= 4 is 10.9 Å². The molecule has 0 fully saturated rings. The smallest absolute Gasteiger partial charge is 0.128 e. The minimum atomic E-state index is 0.940. The highest BCUT2D eigenvalue weighted by Crippen LogP contribution is 2.32. The Morgan fingerprint density at radius 1 is 1.33 bits per heavy atom. The first kappa shape index (κ1) is 8.80. The molecule has 0 atom stereocenters. The molecule has 2 heterocycles. The van der Waals surface area contributed by atoms with Gasteiger partial charge in [-0.25, -0.2) is 0 Å². The zero-order valence-corrected chi connectivity index (χ0v) is 8.76. The number of hydrogen-bond donors (Lipinski definition) is 2. The van der Waals surface area contributed by atoms with Gasteiger partial charge in [-0.2, -0.15) is 0 Å². The van der Waals surface area contributed by atoms with E-state index >= 15 is 0 Å². The first-order valence-corrected chi connectivity index (χ1v) is 5.27. The molecule has 3 nitrogen and oxygen atoms in total. The Labute approximate surface area is 88.4 Å². The number of methoxy groups -OCH3 is 1. The topological polar surface area (TPSA) is 37.0 Å². The monoisotopic (exact) mass is 202 g/mol. The van der Waals surface area contributed by atoms with Crippen molar-refractivity contribution in [1.82, 2.24) is 10.3 Å². The van der Waals surface area contributed by atoms with Crippen molar-refractivity contribution in [2.45, 2.75) is 13.0 Å². The van der Waals surface area contributed by atoms with Crippen LogP contribution in [0.15, 0.2) is 18.2 Å². The lowest BCUT2D eigenvalue weighted by Gasteiger charge is -2.13. The van der Waals surface area contributed by atoms with Crippen LogP contribution in [-0.2, 0) is 13.0 Å². The lowest BCUT2D eigenvalue weighted by molar-refractivity contribution is 0.419. The van der Waals surface area contributed by atoms with Crippen molar-refractivity contribution in [3.63, 3.8) is 0 Å². The van der Waals surface area contributed by atoms with E-state index in [0.717, 1.165) is 25.3 Å². The van der Waals surface area contributed by atoms with E-state index in [-0.39, 0.29) is 0 Å². The molecule has 0 aliphatic carbocycles. The van der Waals surface area contributed by atoms with Crippen LogP contribution in [0.25, 0.3) is 10.9 Å². The second kappa shape index (κ2) is 3.28. The van der Waals surface area contributed by atoms with Crippen LogP contribution in [-0.4, -0.2) is 18.6 Å². The van der Waals surface area contributed by atoms with Gasteiger partial charge in [-0.15, -0.1) is 0 Å². The van der Waals surface area contributed by atoms with Crippen molar-refractivity contribution in [1.29, 1.82) is 0 Å². The highest BCUT2D eigenvalue weighted by Gasteiger charge is 2.17. The number of nitrogens with one attached hydrogen (secondary N) is 2. The number of H-pyrrole nitrogens is 1. The number of fused-ring (bicyclic) bond motifs is 3. The van der Waals surface area contributed by atoms with Gasteiger partial charge in [0.1, 0.15) is 5.75 Å².